The molecule has 3 rings (SSSR count). The fraction of sp³-hybridized carbons (Fsp3) is 0.0435. The van der Waals surface area contributed by atoms with E-state index in [1.54, 1.807) is 54.6 Å². The van der Waals surface area contributed by atoms with Crippen molar-refractivity contribution >= 4 is 35.2 Å². The van der Waals surface area contributed by atoms with E-state index in [0.717, 1.165) is 6.34 Å². The molecule has 0 saturated carbocycles. The molecular formula is C23H21FN6O. The van der Waals surface area contributed by atoms with Gasteiger partial charge in [-0.3, -0.25) is 15.6 Å². The molecule has 0 aliphatic rings. The highest BCUT2D eigenvalue weighted by Gasteiger charge is 2.12. The average Bonchev–Trinajstić information content (AvgIpc) is 2.75. The number of carbonyl (C=O) groups is 1. The molecule has 0 aliphatic carbocycles. The highest BCUT2D eigenvalue weighted by molar-refractivity contribution is 6.15. The van der Waals surface area contributed by atoms with Crippen LogP contribution in [0.4, 0.5) is 15.8 Å². The number of rotatable bonds is 7. The zero-order valence-corrected chi connectivity index (χ0v) is 16.5. The fourth-order valence-corrected chi connectivity index (χ4v) is 2.98. The van der Waals surface area contributed by atoms with E-state index in [4.69, 9.17) is 22.3 Å². The lowest BCUT2D eigenvalue weighted by Crippen LogP contribution is -2.16. The molecule has 0 unspecified atom stereocenters. The number of benzene rings is 3. The van der Waals surface area contributed by atoms with Crippen molar-refractivity contribution in [2.24, 2.45) is 10.7 Å². The second kappa shape index (κ2) is 9.45. The number of nitrogens with one attached hydrogen (secondary N) is 3. The third-order valence-corrected chi connectivity index (χ3v) is 4.53. The lowest BCUT2D eigenvalue weighted by Gasteiger charge is -2.12. The first kappa shape index (κ1) is 21.4. The van der Waals surface area contributed by atoms with Crippen molar-refractivity contribution < 1.29 is 9.18 Å². The predicted molar refractivity (Wildman–Crippen MR) is 121 cm³/mol. The number of amides is 1. The summed E-state index contributed by atoms with van der Waals surface area (Å²) in [7, 11) is 0. The third kappa shape index (κ3) is 5.39. The summed E-state index contributed by atoms with van der Waals surface area (Å²) in [5, 5.41) is 18.4. The van der Waals surface area contributed by atoms with Crippen molar-refractivity contribution in [3.63, 3.8) is 0 Å². The Kier molecular flexibility index (Phi) is 6.51. The van der Waals surface area contributed by atoms with Gasteiger partial charge in [0.25, 0.3) is 0 Å². The largest absolute Gasteiger partial charge is 0.398 e. The number of nitrogens with two attached hydrogens (primary N) is 2. The molecule has 7 nitrogen and oxygen atoms in total. The van der Waals surface area contributed by atoms with E-state index in [1.165, 1.54) is 12.1 Å². The number of carbonyl (C=O) groups excluding carboxylic acids is 1. The molecule has 0 bridgehead atoms. The van der Waals surface area contributed by atoms with Gasteiger partial charge in [-0.1, -0.05) is 24.3 Å². The van der Waals surface area contributed by atoms with E-state index in [2.05, 4.69) is 10.3 Å². The van der Waals surface area contributed by atoms with Gasteiger partial charge in [-0.25, -0.2) is 9.38 Å². The molecule has 156 valence electrons. The topological polar surface area (TPSA) is 141 Å². The Bertz CT molecular complexity index is 1170. The molecule has 31 heavy (non-hydrogen) atoms. The zero-order valence-electron chi connectivity index (χ0n) is 16.5. The van der Waals surface area contributed by atoms with E-state index in [0.29, 0.717) is 33.6 Å². The van der Waals surface area contributed by atoms with Crippen LogP contribution in [0.3, 0.4) is 0 Å². The first-order valence-electron chi connectivity index (χ1n) is 9.33. The minimum Gasteiger partial charge on any atom is -0.398 e. The highest BCUT2D eigenvalue weighted by atomic mass is 19.1. The van der Waals surface area contributed by atoms with Crippen molar-refractivity contribution in [1.29, 1.82) is 10.8 Å². The van der Waals surface area contributed by atoms with Crippen LogP contribution in [0.25, 0.3) is 0 Å². The van der Waals surface area contributed by atoms with E-state index < -0.39 is 0 Å². The summed E-state index contributed by atoms with van der Waals surface area (Å²) in [6.45, 7) is 0. The molecule has 0 heterocycles. The van der Waals surface area contributed by atoms with E-state index in [-0.39, 0.29) is 29.7 Å². The normalized spacial score (nSPS) is 11.1. The fourth-order valence-electron chi connectivity index (χ4n) is 2.98. The summed E-state index contributed by atoms with van der Waals surface area (Å²) in [5.41, 5.74) is 15.2. The standard InChI is InChI=1S/C23H21FN6O/c24-17-7-4-14(5-8-17)10-21(31)30-18-3-1-2-15(11-18)22(27)19-12-16(6-9-20(19)26)23(28)29-13-25/h1-9,11-13,27H,10,26H2,(H,30,31)(H3,25,28,29). The SMILES string of the molecule is N=CN=C(N)c1ccc(N)c(C(=N)c2cccc(NC(=O)Cc3ccc(F)cc3)c2)c1. The van der Waals surface area contributed by atoms with Crippen LogP contribution >= 0.6 is 0 Å². The third-order valence-electron chi connectivity index (χ3n) is 4.53. The number of hydrogen-bond donors (Lipinski definition) is 5. The maximum absolute atomic E-state index is 13.0. The number of nitrogens with zero attached hydrogens (tertiary/aromatic N) is 1. The van der Waals surface area contributed by atoms with Crippen LogP contribution in [0.2, 0.25) is 0 Å². The summed E-state index contributed by atoms with van der Waals surface area (Å²) >= 11 is 0. The smallest absolute Gasteiger partial charge is 0.228 e. The van der Waals surface area contributed by atoms with Gasteiger partial charge in [-0.15, -0.1) is 0 Å². The Labute approximate surface area is 178 Å². The first-order valence-corrected chi connectivity index (χ1v) is 9.33. The highest BCUT2D eigenvalue weighted by Crippen LogP contribution is 2.21. The number of nitrogen functional groups attached to an aromatic ring is 1. The molecule has 0 spiro atoms. The Morgan fingerprint density at radius 2 is 1.81 bits per heavy atom. The van der Waals surface area contributed by atoms with Crippen LogP contribution in [0.1, 0.15) is 22.3 Å². The number of aliphatic imine (C=N–C) groups is 1. The molecule has 0 fully saturated rings. The van der Waals surface area contributed by atoms with Gasteiger partial charge in [0.05, 0.1) is 12.1 Å². The zero-order chi connectivity index (χ0) is 22.4. The van der Waals surface area contributed by atoms with Crippen molar-refractivity contribution in [1.82, 2.24) is 0 Å². The van der Waals surface area contributed by atoms with Crippen LogP contribution in [0, 0.1) is 16.6 Å². The Balaban J connectivity index is 1.79. The second-order valence-corrected chi connectivity index (χ2v) is 6.75. The summed E-state index contributed by atoms with van der Waals surface area (Å²) in [4.78, 5) is 16.1. The van der Waals surface area contributed by atoms with Crippen LogP contribution in [-0.4, -0.2) is 23.8 Å². The second-order valence-electron chi connectivity index (χ2n) is 6.75. The van der Waals surface area contributed by atoms with Crippen molar-refractivity contribution in [2.75, 3.05) is 11.1 Å². The molecule has 7 N–H and O–H groups in total. The van der Waals surface area contributed by atoms with Gasteiger partial charge in [0.2, 0.25) is 5.91 Å². The van der Waals surface area contributed by atoms with Crippen LogP contribution in [0.5, 0.6) is 0 Å². The molecule has 0 aromatic heterocycles. The van der Waals surface area contributed by atoms with Gasteiger partial charge < -0.3 is 16.8 Å². The van der Waals surface area contributed by atoms with Crippen LogP contribution in [0.15, 0.2) is 71.7 Å². The van der Waals surface area contributed by atoms with Gasteiger partial charge in [0.15, 0.2) is 0 Å². The Morgan fingerprint density at radius 1 is 1.06 bits per heavy atom. The van der Waals surface area contributed by atoms with Gasteiger partial charge >= 0.3 is 0 Å². The predicted octanol–water partition coefficient (Wildman–Crippen LogP) is 3.32. The average molecular weight is 416 g/mol. The number of hydrogen-bond acceptors (Lipinski definition) is 4. The Morgan fingerprint density at radius 3 is 2.52 bits per heavy atom. The molecule has 0 radical (unpaired) electrons. The van der Waals surface area contributed by atoms with Gasteiger partial charge in [-0.2, -0.15) is 0 Å². The molecule has 3 aromatic carbocycles. The van der Waals surface area contributed by atoms with Gasteiger partial charge in [0, 0.05) is 28.1 Å². The minimum atomic E-state index is -0.357. The maximum Gasteiger partial charge on any atom is 0.228 e. The lowest BCUT2D eigenvalue weighted by molar-refractivity contribution is -0.115. The first-order chi connectivity index (χ1) is 14.9. The monoisotopic (exact) mass is 416 g/mol. The van der Waals surface area contributed by atoms with Gasteiger partial charge in [0.1, 0.15) is 18.0 Å². The molecule has 0 atom stereocenters. The van der Waals surface area contributed by atoms with Crippen molar-refractivity contribution in [3.8, 4) is 0 Å². The summed E-state index contributed by atoms with van der Waals surface area (Å²) < 4.78 is 13.0. The van der Waals surface area contributed by atoms with E-state index in [9.17, 15) is 9.18 Å². The summed E-state index contributed by atoms with van der Waals surface area (Å²) in [6, 6.07) is 17.5. The van der Waals surface area contributed by atoms with Gasteiger partial charge in [-0.05, 0) is 48.0 Å². The minimum absolute atomic E-state index is 0.0998. The number of halogens is 1. The lowest BCUT2D eigenvalue weighted by atomic mass is 9.98. The van der Waals surface area contributed by atoms with Crippen LogP contribution in [-0.2, 0) is 11.2 Å². The van der Waals surface area contributed by atoms with Crippen LogP contribution < -0.4 is 16.8 Å². The van der Waals surface area contributed by atoms with E-state index >= 15 is 0 Å². The molecule has 1 amide bonds. The Hall–Kier alpha value is -4.33. The molecule has 3 aromatic rings. The molecule has 8 heteroatoms. The number of anilines is 2. The maximum atomic E-state index is 13.0. The summed E-state index contributed by atoms with van der Waals surface area (Å²) in [5.74, 6) is -0.470. The van der Waals surface area contributed by atoms with Crippen molar-refractivity contribution in [2.45, 2.75) is 6.42 Å². The van der Waals surface area contributed by atoms with Crippen molar-refractivity contribution in [3.05, 3.63) is 94.8 Å². The molecule has 0 saturated heterocycles. The van der Waals surface area contributed by atoms with E-state index in [1.807, 2.05) is 0 Å². The molecular weight excluding hydrogens is 395 g/mol. The molecule has 0 aliphatic heterocycles. The quantitative estimate of drug-likeness (QED) is 0.229. The summed E-state index contributed by atoms with van der Waals surface area (Å²) in [6.07, 6.45) is 0.942. The number of amidine groups is 1.